The van der Waals surface area contributed by atoms with Crippen molar-refractivity contribution in [1.29, 1.82) is 0 Å². The van der Waals surface area contributed by atoms with E-state index < -0.39 is 0 Å². The van der Waals surface area contributed by atoms with Gasteiger partial charge in [-0.2, -0.15) is 0 Å². The second-order valence-corrected chi connectivity index (χ2v) is 7.03. The Kier molecular flexibility index (Phi) is 3.24. The molecule has 0 heteroatoms. The average molecular weight is 320 g/mol. The Morgan fingerprint density at radius 1 is 0.920 bits per heavy atom. The van der Waals surface area contributed by atoms with E-state index >= 15 is 0 Å². The molecule has 3 aliphatic rings. The highest BCUT2D eigenvalue weighted by Gasteiger charge is 2.34. The molecule has 120 valence electrons. The van der Waals surface area contributed by atoms with Crippen LogP contribution in [0.2, 0.25) is 0 Å². The van der Waals surface area contributed by atoms with Crippen LogP contribution < -0.4 is 0 Å². The zero-order chi connectivity index (χ0) is 16.8. The highest BCUT2D eigenvalue weighted by molar-refractivity contribution is 5.85. The number of fused-ring (bicyclic) bond motifs is 3. The molecule has 5 rings (SSSR count). The van der Waals surface area contributed by atoms with Gasteiger partial charge in [-0.15, -0.1) is 0 Å². The van der Waals surface area contributed by atoms with Gasteiger partial charge in [0, 0.05) is 5.92 Å². The van der Waals surface area contributed by atoms with Crippen LogP contribution in [0.3, 0.4) is 0 Å². The minimum absolute atomic E-state index is 0.397. The summed E-state index contributed by atoms with van der Waals surface area (Å²) in [7, 11) is 0. The fourth-order valence-electron chi connectivity index (χ4n) is 4.37. The van der Waals surface area contributed by atoms with Crippen molar-refractivity contribution in [2.45, 2.75) is 18.8 Å². The topological polar surface area (TPSA) is 0 Å². The molecule has 0 nitrogen and oxygen atoms in total. The molecule has 0 bridgehead atoms. The molecule has 0 aliphatic heterocycles. The van der Waals surface area contributed by atoms with Crippen molar-refractivity contribution < 1.29 is 0 Å². The third kappa shape index (κ3) is 2.29. The first-order chi connectivity index (χ1) is 12.3. The number of hydrogen-bond acceptors (Lipinski definition) is 0. The van der Waals surface area contributed by atoms with Crippen LogP contribution in [-0.2, 0) is 0 Å². The van der Waals surface area contributed by atoms with Gasteiger partial charge >= 0.3 is 0 Å². The van der Waals surface area contributed by atoms with E-state index in [0.717, 1.165) is 12.8 Å². The van der Waals surface area contributed by atoms with E-state index in [9.17, 15) is 0 Å². The predicted octanol–water partition coefficient (Wildman–Crippen LogP) is 6.47. The maximum atomic E-state index is 4.46. The minimum Gasteiger partial charge on any atom is -0.0946 e. The Bertz CT molecular complexity index is 993. The molecule has 25 heavy (non-hydrogen) atoms. The first-order valence-electron chi connectivity index (χ1n) is 8.96. The lowest BCUT2D eigenvalue weighted by atomic mass is 9.92. The van der Waals surface area contributed by atoms with Gasteiger partial charge in [0.15, 0.2) is 0 Å². The first kappa shape index (κ1) is 14.5. The van der Waals surface area contributed by atoms with E-state index in [1.807, 2.05) is 0 Å². The molecule has 0 spiro atoms. The van der Waals surface area contributed by atoms with Gasteiger partial charge in [-0.05, 0) is 51.8 Å². The van der Waals surface area contributed by atoms with Crippen molar-refractivity contribution in [1.82, 2.24) is 0 Å². The number of hydrogen-bond donors (Lipinski definition) is 0. The summed E-state index contributed by atoms with van der Waals surface area (Å²) in [6.07, 6.45) is 11.4. The van der Waals surface area contributed by atoms with E-state index in [4.69, 9.17) is 0 Å². The second-order valence-electron chi connectivity index (χ2n) is 7.03. The first-order valence-corrected chi connectivity index (χ1v) is 8.96. The molecule has 0 saturated heterocycles. The Hall–Kier alpha value is -2.86. The summed E-state index contributed by atoms with van der Waals surface area (Å²) in [5, 5.41) is 0. The highest BCUT2D eigenvalue weighted by Crippen LogP contribution is 2.52. The third-order valence-electron chi connectivity index (χ3n) is 5.56. The van der Waals surface area contributed by atoms with Gasteiger partial charge in [0.05, 0.1) is 0 Å². The zero-order valence-electron chi connectivity index (χ0n) is 14.2. The fraction of sp³-hybridized carbons (Fsp3) is 0.120. The largest absolute Gasteiger partial charge is 0.0946 e. The van der Waals surface area contributed by atoms with Gasteiger partial charge in [0.25, 0.3) is 0 Å². The van der Waals surface area contributed by atoms with Crippen LogP contribution >= 0.6 is 0 Å². The van der Waals surface area contributed by atoms with Crippen molar-refractivity contribution in [2.75, 3.05) is 0 Å². The standard InChI is InChI=1S/C25H20/c1-17-21(16-22-15-20-10-5-6-12-24(20)25(17)22)14-19-11-7-13-23(19)18-8-3-2-4-9-18/h2-6,8-15,25H,1,7,16H2. The molecular weight excluding hydrogens is 300 g/mol. The number of rotatable bonds is 2. The zero-order valence-corrected chi connectivity index (χ0v) is 14.2. The fourth-order valence-corrected chi connectivity index (χ4v) is 4.37. The summed E-state index contributed by atoms with van der Waals surface area (Å²) in [4.78, 5) is 0. The van der Waals surface area contributed by atoms with Crippen LogP contribution in [0, 0.1) is 0 Å². The summed E-state index contributed by atoms with van der Waals surface area (Å²) in [6.45, 7) is 4.46. The summed E-state index contributed by atoms with van der Waals surface area (Å²) in [6, 6.07) is 19.4. The van der Waals surface area contributed by atoms with Gasteiger partial charge in [-0.3, -0.25) is 0 Å². The average Bonchev–Trinajstić information content (AvgIpc) is 3.32. The molecule has 3 aliphatic carbocycles. The van der Waals surface area contributed by atoms with E-state index in [2.05, 4.69) is 85.5 Å². The Balaban J connectivity index is 1.48. The smallest absolute Gasteiger partial charge is 0.0308 e. The van der Waals surface area contributed by atoms with E-state index in [0.29, 0.717) is 5.92 Å². The monoisotopic (exact) mass is 320 g/mol. The second kappa shape index (κ2) is 5.60. The summed E-state index contributed by atoms with van der Waals surface area (Å²) in [5.74, 6) is 0.397. The molecule has 1 saturated carbocycles. The quantitative estimate of drug-likeness (QED) is 0.595. The molecule has 1 unspecified atom stereocenters. The summed E-state index contributed by atoms with van der Waals surface area (Å²) >= 11 is 0. The maximum Gasteiger partial charge on any atom is 0.0308 e. The molecule has 0 amide bonds. The molecule has 0 N–H and O–H groups in total. The Labute approximate surface area is 149 Å². The van der Waals surface area contributed by atoms with Crippen LogP contribution in [0.15, 0.2) is 102 Å². The van der Waals surface area contributed by atoms with Crippen molar-refractivity contribution >= 4 is 11.6 Å². The molecule has 0 heterocycles. The van der Waals surface area contributed by atoms with Gasteiger partial charge < -0.3 is 0 Å². The van der Waals surface area contributed by atoms with Crippen LogP contribution in [0.4, 0.5) is 0 Å². The van der Waals surface area contributed by atoms with Gasteiger partial charge in [0.2, 0.25) is 0 Å². The number of allylic oxidation sites excluding steroid dienone is 8. The van der Waals surface area contributed by atoms with E-state index in [1.54, 1.807) is 0 Å². The Morgan fingerprint density at radius 3 is 2.60 bits per heavy atom. The van der Waals surface area contributed by atoms with E-state index in [1.165, 1.54) is 44.6 Å². The van der Waals surface area contributed by atoms with Crippen molar-refractivity contribution in [3.05, 3.63) is 118 Å². The summed E-state index contributed by atoms with van der Waals surface area (Å²) < 4.78 is 0. The lowest BCUT2D eigenvalue weighted by molar-refractivity contribution is 1.03. The molecule has 2 aromatic rings. The molecule has 2 aromatic carbocycles. The van der Waals surface area contributed by atoms with Crippen LogP contribution in [0.1, 0.15) is 35.4 Å². The van der Waals surface area contributed by atoms with Gasteiger partial charge in [0.1, 0.15) is 0 Å². The SMILES string of the molecule is C=C1C(=CC2=CCC=C2c2ccccc2)CC2=Cc3ccccc3C12. The molecule has 0 radical (unpaired) electrons. The van der Waals surface area contributed by atoms with Gasteiger partial charge in [-0.1, -0.05) is 91.1 Å². The third-order valence-corrected chi connectivity index (χ3v) is 5.56. The normalized spacial score (nSPS) is 22.6. The minimum atomic E-state index is 0.397. The molecule has 0 aromatic heterocycles. The maximum absolute atomic E-state index is 4.46. The molecule has 1 fully saturated rings. The predicted molar refractivity (Wildman–Crippen MR) is 106 cm³/mol. The van der Waals surface area contributed by atoms with E-state index in [-0.39, 0.29) is 0 Å². The van der Waals surface area contributed by atoms with Crippen molar-refractivity contribution in [2.24, 2.45) is 0 Å². The Morgan fingerprint density at radius 2 is 1.72 bits per heavy atom. The highest BCUT2D eigenvalue weighted by atomic mass is 14.4. The lowest BCUT2D eigenvalue weighted by Gasteiger charge is -2.11. The molecule has 1 atom stereocenters. The van der Waals surface area contributed by atoms with Gasteiger partial charge in [-0.25, -0.2) is 0 Å². The lowest BCUT2D eigenvalue weighted by Crippen LogP contribution is -1.94. The summed E-state index contributed by atoms with van der Waals surface area (Å²) in [5.41, 5.74) is 11.0. The molecular formula is C25H20. The van der Waals surface area contributed by atoms with Crippen LogP contribution in [-0.4, -0.2) is 0 Å². The number of benzene rings is 2. The van der Waals surface area contributed by atoms with Crippen molar-refractivity contribution in [3.8, 4) is 0 Å². The van der Waals surface area contributed by atoms with Crippen LogP contribution in [0.25, 0.3) is 11.6 Å². The van der Waals surface area contributed by atoms with Crippen LogP contribution in [0.5, 0.6) is 0 Å². The van der Waals surface area contributed by atoms with Crippen molar-refractivity contribution in [3.63, 3.8) is 0 Å².